The number of amidine groups is 1. The van der Waals surface area contributed by atoms with Crippen molar-refractivity contribution in [2.45, 2.75) is 30.2 Å². The third kappa shape index (κ3) is 2.47. The normalized spacial score (nSPS) is 24.9. The van der Waals surface area contributed by atoms with Crippen LogP contribution < -0.4 is 10.5 Å². The Morgan fingerprint density at radius 3 is 2.94 bits per heavy atom. The number of nitrogens with one attached hydrogen (secondary N) is 3. The topological polar surface area (TPSA) is 125 Å². The van der Waals surface area contributed by atoms with Gasteiger partial charge < -0.3 is 5.73 Å². The largest absolute Gasteiger partial charge is 0.387 e. The Labute approximate surface area is 99.3 Å². The van der Waals surface area contributed by atoms with Crippen LogP contribution in [0.5, 0.6) is 0 Å². The van der Waals surface area contributed by atoms with Gasteiger partial charge in [-0.15, -0.1) is 0 Å². The van der Waals surface area contributed by atoms with E-state index < -0.39 is 10.0 Å². The Hall–Kier alpha value is -1.41. The average Bonchev–Trinajstić information content (AvgIpc) is 2.85. The molecule has 7 nitrogen and oxygen atoms in total. The van der Waals surface area contributed by atoms with Gasteiger partial charge in [-0.25, -0.2) is 13.1 Å². The molecule has 2 atom stereocenters. The van der Waals surface area contributed by atoms with Crippen molar-refractivity contribution in [1.29, 1.82) is 5.41 Å². The van der Waals surface area contributed by atoms with Gasteiger partial charge in [0.1, 0.15) is 4.90 Å². The van der Waals surface area contributed by atoms with Crippen LogP contribution in [0.15, 0.2) is 17.3 Å². The first-order chi connectivity index (χ1) is 8.00. The van der Waals surface area contributed by atoms with Crippen molar-refractivity contribution in [3.63, 3.8) is 0 Å². The molecule has 8 heteroatoms. The van der Waals surface area contributed by atoms with Crippen molar-refractivity contribution < 1.29 is 8.42 Å². The van der Waals surface area contributed by atoms with Crippen LogP contribution >= 0.6 is 0 Å². The van der Waals surface area contributed by atoms with E-state index >= 15 is 0 Å². The second-order valence-corrected chi connectivity index (χ2v) is 5.87. The molecule has 1 aliphatic carbocycles. The zero-order valence-corrected chi connectivity index (χ0v) is 10.00. The Morgan fingerprint density at radius 2 is 2.35 bits per heavy atom. The zero-order chi connectivity index (χ0) is 12.5. The molecule has 0 aromatic carbocycles. The third-order valence-corrected chi connectivity index (χ3v) is 4.46. The minimum absolute atomic E-state index is 0.0439. The minimum Gasteiger partial charge on any atom is -0.387 e. The van der Waals surface area contributed by atoms with Gasteiger partial charge in [0, 0.05) is 18.2 Å². The standard InChI is InChI=1S/C9H15N5O2S/c10-9(11)7-2-1-3-8(7)14-17(15,16)6-4-12-13-5-6/h4-5,7-8,14H,1-3H2,(H3,10,11)(H,12,13). The summed E-state index contributed by atoms with van der Waals surface area (Å²) in [5.74, 6) is -0.154. The lowest BCUT2D eigenvalue weighted by Crippen LogP contribution is -2.41. The fourth-order valence-electron chi connectivity index (χ4n) is 2.13. The van der Waals surface area contributed by atoms with Crippen LogP contribution in [0.1, 0.15) is 19.3 Å². The van der Waals surface area contributed by atoms with Crippen LogP contribution in [0.4, 0.5) is 0 Å². The van der Waals surface area contributed by atoms with E-state index in [1.165, 1.54) is 12.4 Å². The molecule has 5 N–H and O–H groups in total. The molecule has 94 valence electrons. The highest BCUT2D eigenvalue weighted by molar-refractivity contribution is 7.89. The van der Waals surface area contributed by atoms with Gasteiger partial charge in [-0.05, 0) is 12.8 Å². The van der Waals surface area contributed by atoms with Crippen molar-refractivity contribution in [3.8, 4) is 0 Å². The van der Waals surface area contributed by atoms with E-state index in [1.54, 1.807) is 0 Å². The lowest BCUT2D eigenvalue weighted by Gasteiger charge is -2.19. The maximum atomic E-state index is 11.9. The summed E-state index contributed by atoms with van der Waals surface area (Å²) in [5.41, 5.74) is 5.46. The van der Waals surface area contributed by atoms with E-state index in [0.717, 1.165) is 12.8 Å². The number of sulfonamides is 1. The molecule has 0 saturated heterocycles. The number of rotatable bonds is 4. The summed E-state index contributed by atoms with van der Waals surface area (Å²) in [6.07, 6.45) is 4.91. The molecule has 1 heterocycles. The van der Waals surface area contributed by atoms with Gasteiger partial charge in [-0.1, -0.05) is 6.42 Å². The molecule has 2 rings (SSSR count). The smallest absolute Gasteiger partial charge is 0.243 e. The van der Waals surface area contributed by atoms with Crippen LogP contribution in [-0.4, -0.2) is 30.5 Å². The molecule has 1 aromatic rings. The van der Waals surface area contributed by atoms with Crippen LogP contribution in [0.2, 0.25) is 0 Å². The molecular formula is C9H15N5O2S. The van der Waals surface area contributed by atoms with Gasteiger partial charge in [-0.3, -0.25) is 10.5 Å². The molecule has 0 bridgehead atoms. The lowest BCUT2D eigenvalue weighted by molar-refractivity contribution is 0.521. The third-order valence-electron chi connectivity index (χ3n) is 3.01. The first-order valence-electron chi connectivity index (χ1n) is 5.36. The monoisotopic (exact) mass is 257 g/mol. The first-order valence-corrected chi connectivity index (χ1v) is 6.84. The highest BCUT2D eigenvalue weighted by Gasteiger charge is 2.33. The summed E-state index contributed by atoms with van der Waals surface area (Å²) in [4.78, 5) is 0.103. The summed E-state index contributed by atoms with van der Waals surface area (Å²) >= 11 is 0. The average molecular weight is 257 g/mol. The Balaban J connectivity index is 2.14. The molecule has 17 heavy (non-hydrogen) atoms. The fraction of sp³-hybridized carbons (Fsp3) is 0.556. The van der Waals surface area contributed by atoms with Crippen LogP contribution in [0.3, 0.4) is 0 Å². The van der Waals surface area contributed by atoms with Crippen LogP contribution in [-0.2, 0) is 10.0 Å². The molecule has 2 unspecified atom stereocenters. The first kappa shape index (κ1) is 12.1. The summed E-state index contributed by atoms with van der Waals surface area (Å²) in [7, 11) is -3.56. The van der Waals surface area contributed by atoms with Gasteiger partial charge in [0.05, 0.1) is 12.0 Å². The molecule has 0 aliphatic heterocycles. The van der Waals surface area contributed by atoms with Gasteiger partial charge in [0.15, 0.2) is 0 Å². The zero-order valence-electron chi connectivity index (χ0n) is 9.18. The molecule has 0 radical (unpaired) electrons. The summed E-state index contributed by atoms with van der Waals surface area (Å²) < 4.78 is 26.5. The van der Waals surface area contributed by atoms with Crippen molar-refractivity contribution >= 4 is 15.9 Å². The van der Waals surface area contributed by atoms with E-state index in [-0.39, 0.29) is 22.7 Å². The van der Waals surface area contributed by atoms with Gasteiger partial charge in [0.25, 0.3) is 0 Å². The van der Waals surface area contributed by atoms with E-state index in [0.29, 0.717) is 6.42 Å². The molecule has 1 saturated carbocycles. The van der Waals surface area contributed by atoms with Crippen molar-refractivity contribution in [2.75, 3.05) is 0 Å². The molecule has 0 amide bonds. The quantitative estimate of drug-likeness (QED) is 0.440. The number of aromatic nitrogens is 2. The lowest BCUT2D eigenvalue weighted by atomic mass is 10.0. The number of hydrogen-bond acceptors (Lipinski definition) is 4. The van der Waals surface area contributed by atoms with E-state index in [9.17, 15) is 8.42 Å². The summed E-state index contributed by atoms with van der Waals surface area (Å²) in [6, 6.07) is -0.285. The summed E-state index contributed by atoms with van der Waals surface area (Å²) in [6.45, 7) is 0. The molecule has 1 fully saturated rings. The maximum Gasteiger partial charge on any atom is 0.243 e. The number of aromatic amines is 1. The van der Waals surface area contributed by atoms with E-state index in [4.69, 9.17) is 11.1 Å². The molecule has 1 aromatic heterocycles. The van der Waals surface area contributed by atoms with Crippen LogP contribution in [0, 0.1) is 11.3 Å². The second-order valence-electron chi connectivity index (χ2n) is 4.15. The van der Waals surface area contributed by atoms with Crippen molar-refractivity contribution in [1.82, 2.24) is 14.9 Å². The fourth-order valence-corrected chi connectivity index (χ4v) is 3.34. The maximum absolute atomic E-state index is 11.9. The number of nitrogens with zero attached hydrogens (tertiary/aromatic N) is 1. The van der Waals surface area contributed by atoms with E-state index in [2.05, 4.69) is 14.9 Å². The predicted molar refractivity (Wildman–Crippen MR) is 62.0 cm³/mol. The van der Waals surface area contributed by atoms with Crippen LogP contribution in [0.25, 0.3) is 0 Å². The second kappa shape index (κ2) is 4.46. The SMILES string of the molecule is N=C(N)C1CCCC1NS(=O)(=O)c1cn[nH]c1. The van der Waals surface area contributed by atoms with Crippen molar-refractivity contribution in [3.05, 3.63) is 12.4 Å². The number of nitrogens with two attached hydrogens (primary N) is 1. The van der Waals surface area contributed by atoms with Gasteiger partial charge >= 0.3 is 0 Å². The Bertz CT molecular complexity index is 495. The van der Waals surface area contributed by atoms with Gasteiger partial charge in [0.2, 0.25) is 10.0 Å². The molecular weight excluding hydrogens is 242 g/mol. The van der Waals surface area contributed by atoms with E-state index in [1.807, 2.05) is 0 Å². The highest BCUT2D eigenvalue weighted by atomic mass is 32.2. The number of H-pyrrole nitrogens is 1. The molecule has 0 spiro atoms. The Kier molecular flexibility index (Phi) is 3.16. The minimum atomic E-state index is -3.56. The summed E-state index contributed by atoms with van der Waals surface area (Å²) in [5, 5.41) is 13.5. The predicted octanol–water partition coefficient (Wildman–Crippen LogP) is -0.207. The Morgan fingerprint density at radius 1 is 1.59 bits per heavy atom. The van der Waals surface area contributed by atoms with Crippen molar-refractivity contribution in [2.24, 2.45) is 11.7 Å². The van der Waals surface area contributed by atoms with Gasteiger partial charge in [-0.2, -0.15) is 5.10 Å². The highest BCUT2D eigenvalue weighted by Crippen LogP contribution is 2.26. The molecule has 1 aliphatic rings. The number of hydrogen-bond donors (Lipinski definition) is 4.